The maximum absolute atomic E-state index is 12.6. The van der Waals surface area contributed by atoms with E-state index < -0.39 is 0 Å². The Morgan fingerprint density at radius 2 is 1.94 bits per heavy atom. The molecule has 0 saturated carbocycles. The minimum absolute atomic E-state index is 0.254. The number of hydrogen-bond donors (Lipinski definition) is 0. The Morgan fingerprint density at radius 1 is 1.19 bits per heavy atom. The average molecular weight is 236 g/mol. The van der Waals surface area contributed by atoms with Crippen molar-refractivity contribution in [3.63, 3.8) is 0 Å². The van der Waals surface area contributed by atoms with Crippen LogP contribution in [-0.4, -0.2) is 0 Å². The van der Waals surface area contributed by atoms with Crippen LogP contribution in [-0.2, 0) is 6.61 Å². The molecule has 0 aromatic heterocycles. The highest BCUT2D eigenvalue weighted by Gasteiger charge is 2.00. The van der Waals surface area contributed by atoms with Gasteiger partial charge in [0.2, 0.25) is 0 Å². The predicted molar refractivity (Wildman–Crippen MR) is 61.0 cm³/mol. The van der Waals surface area contributed by atoms with Gasteiger partial charge in [-0.15, -0.1) is 0 Å². The van der Waals surface area contributed by atoms with E-state index in [0.717, 1.165) is 5.56 Å². The highest BCUT2D eigenvalue weighted by Crippen LogP contribution is 2.23. The van der Waals surface area contributed by atoms with Gasteiger partial charge in [-0.05, 0) is 35.9 Å². The van der Waals surface area contributed by atoms with Gasteiger partial charge in [-0.1, -0.05) is 29.8 Å². The van der Waals surface area contributed by atoms with E-state index in [4.69, 9.17) is 16.3 Å². The van der Waals surface area contributed by atoms with E-state index in [1.165, 1.54) is 12.1 Å². The SMILES string of the molecule is Fc1ccc(COc2cc[c]cc2Cl)cc1. The number of ether oxygens (including phenoxy) is 1. The van der Waals surface area contributed by atoms with Crippen LogP contribution in [0.5, 0.6) is 5.75 Å². The summed E-state index contributed by atoms with van der Waals surface area (Å²) in [5.74, 6) is 0.348. The summed E-state index contributed by atoms with van der Waals surface area (Å²) in [7, 11) is 0. The van der Waals surface area contributed by atoms with Gasteiger partial charge in [0.05, 0.1) is 5.02 Å². The molecule has 0 fully saturated rings. The van der Waals surface area contributed by atoms with E-state index in [9.17, 15) is 4.39 Å². The fraction of sp³-hybridized carbons (Fsp3) is 0.0769. The Kier molecular flexibility index (Phi) is 3.42. The van der Waals surface area contributed by atoms with Crippen LogP contribution < -0.4 is 4.74 Å². The summed E-state index contributed by atoms with van der Waals surface area (Å²) >= 11 is 5.90. The van der Waals surface area contributed by atoms with Crippen LogP contribution in [0.1, 0.15) is 5.56 Å². The molecule has 0 aliphatic rings. The highest BCUT2D eigenvalue weighted by molar-refractivity contribution is 6.32. The molecule has 0 aliphatic carbocycles. The van der Waals surface area contributed by atoms with Crippen molar-refractivity contribution < 1.29 is 9.13 Å². The molecule has 1 radical (unpaired) electrons. The monoisotopic (exact) mass is 235 g/mol. The van der Waals surface area contributed by atoms with E-state index >= 15 is 0 Å². The van der Waals surface area contributed by atoms with Gasteiger partial charge < -0.3 is 4.74 Å². The minimum Gasteiger partial charge on any atom is -0.487 e. The van der Waals surface area contributed by atoms with Gasteiger partial charge in [-0.25, -0.2) is 4.39 Å². The normalized spacial score (nSPS) is 10.1. The molecule has 81 valence electrons. The summed E-state index contributed by atoms with van der Waals surface area (Å²) in [6, 6.07) is 14.1. The smallest absolute Gasteiger partial charge is 0.138 e. The summed E-state index contributed by atoms with van der Waals surface area (Å²) in [5.41, 5.74) is 0.894. The second kappa shape index (κ2) is 4.99. The van der Waals surface area contributed by atoms with Gasteiger partial charge >= 0.3 is 0 Å². The second-order valence-electron chi connectivity index (χ2n) is 3.27. The van der Waals surface area contributed by atoms with Crippen molar-refractivity contribution in [3.8, 4) is 5.75 Å². The van der Waals surface area contributed by atoms with Gasteiger partial charge in [0.15, 0.2) is 0 Å². The lowest BCUT2D eigenvalue weighted by atomic mass is 10.2. The molecule has 2 aromatic rings. The Morgan fingerprint density at radius 3 is 2.62 bits per heavy atom. The molecule has 2 aromatic carbocycles. The number of halogens is 2. The molecule has 0 amide bonds. The molecule has 2 rings (SSSR count). The Labute approximate surface area is 98.4 Å². The largest absolute Gasteiger partial charge is 0.487 e. The number of benzene rings is 2. The quantitative estimate of drug-likeness (QED) is 0.785. The minimum atomic E-state index is -0.254. The van der Waals surface area contributed by atoms with Crippen LogP contribution in [0.15, 0.2) is 42.5 Å². The van der Waals surface area contributed by atoms with Crippen LogP contribution in [0.2, 0.25) is 5.02 Å². The zero-order chi connectivity index (χ0) is 11.4. The second-order valence-corrected chi connectivity index (χ2v) is 3.68. The molecule has 0 atom stereocenters. The van der Waals surface area contributed by atoms with Crippen LogP contribution in [0.3, 0.4) is 0 Å². The molecule has 0 aliphatic heterocycles. The van der Waals surface area contributed by atoms with E-state index in [0.29, 0.717) is 17.4 Å². The third-order valence-corrected chi connectivity index (χ3v) is 2.38. The molecule has 0 spiro atoms. The highest BCUT2D eigenvalue weighted by atomic mass is 35.5. The summed E-state index contributed by atoms with van der Waals surface area (Å²) in [4.78, 5) is 0. The molecule has 1 nitrogen and oxygen atoms in total. The van der Waals surface area contributed by atoms with Crippen molar-refractivity contribution in [3.05, 3.63) is 64.9 Å². The topological polar surface area (TPSA) is 9.23 Å². The number of rotatable bonds is 3. The van der Waals surface area contributed by atoms with Crippen molar-refractivity contribution >= 4 is 11.6 Å². The standard InChI is InChI=1S/C13H9ClFO/c14-12-3-1-2-4-13(12)16-9-10-5-7-11(15)8-6-10/h2-8H,9H2. The fourth-order valence-corrected chi connectivity index (χ4v) is 1.44. The zero-order valence-corrected chi connectivity index (χ0v) is 9.17. The predicted octanol–water partition coefficient (Wildman–Crippen LogP) is 3.86. The lowest BCUT2D eigenvalue weighted by Gasteiger charge is -2.07. The molecule has 0 unspecified atom stereocenters. The van der Waals surface area contributed by atoms with Crippen molar-refractivity contribution in [2.75, 3.05) is 0 Å². The van der Waals surface area contributed by atoms with Gasteiger partial charge in [-0.2, -0.15) is 0 Å². The van der Waals surface area contributed by atoms with Crippen LogP contribution in [0.4, 0.5) is 4.39 Å². The van der Waals surface area contributed by atoms with Crippen LogP contribution >= 0.6 is 11.6 Å². The lowest BCUT2D eigenvalue weighted by molar-refractivity contribution is 0.306. The lowest BCUT2D eigenvalue weighted by Crippen LogP contribution is -1.95. The third kappa shape index (κ3) is 2.74. The summed E-state index contributed by atoms with van der Waals surface area (Å²) in [6.07, 6.45) is 0. The fourth-order valence-electron chi connectivity index (χ4n) is 1.25. The first-order chi connectivity index (χ1) is 7.75. The third-order valence-electron chi connectivity index (χ3n) is 2.08. The van der Waals surface area contributed by atoms with E-state index in [-0.39, 0.29) is 5.82 Å². The van der Waals surface area contributed by atoms with E-state index in [2.05, 4.69) is 6.07 Å². The van der Waals surface area contributed by atoms with Crippen LogP contribution in [0.25, 0.3) is 0 Å². The van der Waals surface area contributed by atoms with Gasteiger partial charge in [0.25, 0.3) is 0 Å². The summed E-state index contributed by atoms with van der Waals surface area (Å²) in [6.45, 7) is 0.365. The van der Waals surface area contributed by atoms with Crippen molar-refractivity contribution in [2.24, 2.45) is 0 Å². The first-order valence-electron chi connectivity index (χ1n) is 4.78. The Hall–Kier alpha value is -1.54. The van der Waals surface area contributed by atoms with E-state index in [1.54, 1.807) is 30.3 Å². The maximum Gasteiger partial charge on any atom is 0.138 e. The first kappa shape index (κ1) is 11.0. The zero-order valence-electron chi connectivity index (χ0n) is 8.41. The number of hydrogen-bond acceptors (Lipinski definition) is 1. The summed E-state index contributed by atoms with van der Waals surface area (Å²) < 4.78 is 18.1. The molecule has 0 saturated heterocycles. The molecular formula is C13H9ClFO. The van der Waals surface area contributed by atoms with Crippen molar-refractivity contribution in [1.82, 2.24) is 0 Å². The summed E-state index contributed by atoms with van der Waals surface area (Å²) in [5, 5.41) is 0.518. The molecular weight excluding hydrogens is 227 g/mol. The van der Waals surface area contributed by atoms with Gasteiger partial charge in [0.1, 0.15) is 18.2 Å². The Balaban J connectivity index is 2.02. The Bertz CT molecular complexity index is 468. The molecule has 0 heterocycles. The molecule has 3 heteroatoms. The molecule has 16 heavy (non-hydrogen) atoms. The van der Waals surface area contributed by atoms with Gasteiger partial charge in [-0.3, -0.25) is 0 Å². The van der Waals surface area contributed by atoms with Crippen molar-refractivity contribution in [2.45, 2.75) is 6.61 Å². The first-order valence-corrected chi connectivity index (χ1v) is 5.16. The maximum atomic E-state index is 12.6. The molecule has 0 bridgehead atoms. The van der Waals surface area contributed by atoms with Gasteiger partial charge in [0, 0.05) is 0 Å². The average Bonchev–Trinajstić information content (AvgIpc) is 2.30. The van der Waals surface area contributed by atoms with E-state index in [1.807, 2.05) is 0 Å². The van der Waals surface area contributed by atoms with Crippen LogP contribution in [0, 0.1) is 11.9 Å². The molecule has 0 N–H and O–H groups in total. The van der Waals surface area contributed by atoms with Crippen molar-refractivity contribution in [1.29, 1.82) is 0 Å².